The monoisotopic (exact) mass is 688 g/mol. The quantitative estimate of drug-likeness (QED) is 0.143. The highest BCUT2D eigenvalue weighted by molar-refractivity contribution is 7.07. The van der Waals surface area contributed by atoms with Crippen molar-refractivity contribution >= 4 is 52.3 Å². The molecule has 1 atom stereocenters. The number of carbonyl (C=O) groups is 1. The smallest absolute Gasteiger partial charge is 0.338 e. The molecule has 0 spiro atoms. The number of fused-ring (bicyclic) bond motifs is 1. The van der Waals surface area contributed by atoms with Crippen LogP contribution < -0.4 is 24.4 Å². The van der Waals surface area contributed by atoms with Crippen LogP contribution >= 0.6 is 34.5 Å². The van der Waals surface area contributed by atoms with E-state index in [4.69, 9.17) is 46.8 Å². The van der Waals surface area contributed by atoms with Gasteiger partial charge in [0.2, 0.25) is 0 Å². The molecule has 1 aliphatic rings. The predicted molar refractivity (Wildman–Crippen MR) is 184 cm³/mol. The number of nitrogens with zero attached hydrogens (tertiary/aromatic N) is 2. The summed E-state index contributed by atoms with van der Waals surface area (Å²) in [5.41, 5.74) is 2.28. The highest BCUT2D eigenvalue weighted by Gasteiger charge is 2.35. The summed E-state index contributed by atoms with van der Waals surface area (Å²) in [6.45, 7) is 6.49. The van der Waals surface area contributed by atoms with Gasteiger partial charge in [0.15, 0.2) is 16.3 Å². The van der Waals surface area contributed by atoms with Gasteiger partial charge in [-0.2, -0.15) is 0 Å². The summed E-state index contributed by atoms with van der Waals surface area (Å²) >= 11 is 13.8. The van der Waals surface area contributed by atoms with Gasteiger partial charge in [0.05, 0.1) is 46.7 Å². The molecule has 3 heterocycles. The van der Waals surface area contributed by atoms with Crippen molar-refractivity contribution in [2.45, 2.75) is 26.8 Å². The Bertz CT molecular complexity index is 2170. The van der Waals surface area contributed by atoms with Crippen LogP contribution in [-0.2, 0) is 9.53 Å². The van der Waals surface area contributed by atoms with Gasteiger partial charge in [-0.25, -0.2) is 9.79 Å². The highest BCUT2D eigenvalue weighted by Crippen LogP contribution is 2.39. The number of halogens is 2. The maximum Gasteiger partial charge on any atom is 0.338 e. The molecular weight excluding hydrogens is 659 g/mol. The summed E-state index contributed by atoms with van der Waals surface area (Å²) in [5, 5.41) is 1.00. The Labute approximate surface area is 284 Å². The fraction of sp³-hybridized carbons (Fsp3) is 0.194. The van der Waals surface area contributed by atoms with Crippen LogP contribution in [0.5, 0.6) is 11.5 Å². The number of thiazole rings is 1. The normalized spacial score (nSPS) is 14.5. The van der Waals surface area contributed by atoms with Gasteiger partial charge in [-0.15, -0.1) is 0 Å². The Kier molecular flexibility index (Phi) is 9.68. The average Bonchev–Trinajstić information content (AvgIpc) is 3.66. The van der Waals surface area contributed by atoms with Crippen LogP contribution in [0, 0.1) is 0 Å². The molecule has 11 heteroatoms. The molecule has 0 bridgehead atoms. The minimum Gasteiger partial charge on any atom is -0.490 e. The fourth-order valence-corrected chi connectivity index (χ4v) is 6.75. The first-order chi connectivity index (χ1) is 22.8. The van der Waals surface area contributed by atoms with Crippen molar-refractivity contribution in [2.75, 3.05) is 19.8 Å². The van der Waals surface area contributed by atoms with Crippen LogP contribution in [-0.4, -0.2) is 30.4 Å². The third-order valence-corrected chi connectivity index (χ3v) is 8.90. The van der Waals surface area contributed by atoms with E-state index < -0.39 is 12.0 Å². The van der Waals surface area contributed by atoms with E-state index in [2.05, 4.69) is 0 Å². The molecule has 0 saturated carbocycles. The third-order valence-electron chi connectivity index (χ3n) is 7.35. The molecule has 0 aliphatic carbocycles. The molecule has 47 heavy (non-hydrogen) atoms. The Morgan fingerprint density at radius 1 is 0.936 bits per heavy atom. The molecule has 5 aromatic rings. The lowest BCUT2D eigenvalue weighted by Crippen LogP contribution is -2.40. The number of ether oxygens (including phenoxy) is 3. The molecule has 240 valence electrons. The van der Waals surface area contributed by atoms with E-state index in [0.717, 1.165) is 0 Å². The van der Waals surface area contributed by atoms with Gasteiger partial charge in [0, 0.05) is 22.2 Å². The third kappa shape index (κ3) is 6.52. The number of furan rings is 1. The van der Waals surface area contributed by atoms with Crippen LogP contribution in [0.25, 0.3) is 23.1 Å². The van der Waals surface area contributed by atoms with E-state index in [1.807, 2.05) is 50.2 Å². The minimum atomic E-state index is -0.880. The number of esters is 1. The molecule has 0 fully saturated rings. The molecule has 0 N–H and O–H groups in total. The lowest BCUT2D eigenvalue weighted by Gasteiger charge is -2.26. The summed E-state index contributed by atoms with van der Waals surface area (Å²) in [4.78, 5) is 33.4. The predicted octanol–water partition coefficient (Wildman–Crippen LogP) is 7.30. The van der Waals surface area contributed by atoms with E-state index in [1.54, 1.807) is 55.5 Å². The molecular formula is C36H30Cl2N2O6S. The Balaban J connectivity index is 1.58. The SMILES string of the molecule is CCOC(=O)C1=C(c2ccccc2)N=c2sc(=Cc3ccc(-c4cc(Cl)ccc4Cl)o3)c(=O)n2C1c1ccc(OCC)c(OCC)c1. The molecule has 3 aromatic carbocycles. The van der Waals surface area contributed by atoms with Crippen molar-refractivity contribution < 1.29 is 23.4 Å². The zero-order chi connectivity index (χ0) is 33.1. The van der Waals surface area contributed by atoms with Crippen molar-refractivity contribution in [3.8, 4) is 22.8 Å². The van der Waals surface area contributed by atoms with E-state index in [1.165, 1.54) is 15.9 Å². The van der Waals surface area contributed by atoms with E-state index in [0.29, 0.717) is 78.0 Å². The minimum absolute atomic E-state index is 0.145. The number of rotatable bonds is 10. The van der Waals surface area contributed by atoms with Crippen molar-refractivity contribution in [1.29, 1.82) is 0 Å². The molecule has 2 aromatic heterocycles. The van der Waals surface area contributed by atoms with E-state index in [-0.39, 0.29) is 17.7 Å². The second kappa shape index (κ2) is 14.0. The number of benzene rings is 3. The molecule has 8 nitrogen and oxygen atoms in total. The molecule has 1 unspecified atom stereocenters. The first kappa shape index (κ1) is 32.4. The molecule has 0 radical (unpaired) electrons. The Morgan fingerprint density at radius 3 is 2.45 bits per heavy atom. The fourth-order valence-electron chi connectivity index (χ4n) is 5.38. The summed E-state index contributed by atoms with van der Waals surface area (Å²) in [6.07, 6.45) is 1.66. The average molecular weight is 690 g/mol. The topological polar surface area (TPSA) is 92.3 Å². The number of hydrogen-bond donors (Lipinski definition) is 0. The van der Waals surface area contributed by atoms with Crippen LogP contribution in [0.2, 0.25) is 10.0 Å². The molecule has 0 amide bonds. The molecule has 0 saturated heterocycles. The van der Waals surface area contributed by atoms with Gasteiger partial charge < -0.3 is 18.6 Å². The van der Waals surface area contributed by atoms with Gasteiger partial charge in [-0.05, 0) is 68.8 Å². The Morgan fingerprint density at radius 2 is 1.70 bits per heavy atom. The van der Waals surface area contributed by atoms with E-state index in [9.17, 15) is 9.59 Å². The number of aromatic nitrogens is 1. The van der Waals surface area contributed by atoms with Crippen molar-refractivity contribution in [3.05, 3.63) is 131 Å². The summed E-state index contributed by atoms with van der Waals surface area (Å²) in [6, 6.07) is 22.6. The van der Waals surface area contributed by atoms with Crippen LogP contribution in [0.4, 0.5) is 0 Å². The summed E-state index contributed by atoms with van der Waals surface area (Å²) in [5.74, 6) is 1.42. The standard InChI is InChI=1S/C36H30Cl2N2O6S/c1-4-43-28-16-12-22(18-29(28)44-5-2)33-31(35(42)45-6-3)32(21-10-8-7-9-11-21)39-36-40(33)34(41)30(47-36)20-24-14-17-27(46-24)25-19-23(37)13-15-26(25)38/h7-20,33H,4-6H2,1-3H3. The highest BCUT2D eigenvalue weighted by atomic mass is 35.5. The maximum atomic E-state index is 14.3. The van der Waals surface area contributed by atoms with Crippen molar-refractivity contribution in [3.63, 3.8) is 0 Å². The van der Waals surface area contributed by atoms with Crippen molar-refractivity contribution in [2.24, 2.45) is 4.99 Å². The summed E-state index contributed by atoms with van der Waals surface area (Å²) < 4.78 is 25.3. The van der Waals surface area contributed by atoms with Gasteiger partial charge in [0.25, 0.3) is 5.56 Å². The first-order valence-corrected chi connectivity index (χ1v) is 16.6. The van der Waals surface area contributed by atoms with Gasteiger partial charge in [-0.1, -0.05) is 70.9 Å². The number of carbonyl (C=O) groups excluding carboxylic acids is 1. The number of hydrogen-bond acceptors (Lipinski definition) is 8. The van der Waals surface area contributed by atoms with Gasteiger partial charge in [0.1, 0.15) is 11.5 Å². The molecule has 6 rings (SSSR count). The zero-order valence-electron chi connectivity index (χ0n) is 25.8. The summed E-state index contributed by atoms with van der Waals surface area (Å²) in [7, 11) is 0. The second-order valence-corrected chi connectivity index (χ2v) is 12.2. The lowest BCUT2D eigenvalue weighted by atomic mass is 9.93. The van der Waals surface area contributed by atoms with E-state index >= 15 is 0 Å². The maximum absolute atomic E-state index is 14.3. The van der Waals surface area contributed by atoms with Gasteiger partial charge in [-0.3, -0.25) is 9.36 Å². The zero-order valence-corrected chi connectivity index (χ0v) is 28.1. The Hall–Kier alpha value is -4.57. The molecule has 1 aliphatic heterocycles. The van der Waals surface area contributed by atoms with Crippen LogP contribution in [0.1, 0.15) is 43.7 Å². The largest absolute Gasteiger partial charge is 0.490 e. The van der Waals surface area contributed by atoms with Gasteiger partial charge >= 0.3 is 5.97 Å². The lowest BCUT2D eigenvalue weighted by molar-refractivity contribution is -0.138. The second-order valence-electron chi connectivity index (χ2n) is 10.3. The van der Waals surface area contributed by atoms with Crippen molar-refractivity contribution in [1.82, 2.24) is 4.57 Å². The first-order valence-electron chi connectivity index (χ1n) is 15.1. The van der Waals surface area contributed by atoms with Crippen LogP contribution in [0.3, 0.4) is 0 Å². The van der Waals surface area contributed by atoms with Crippen LogP contribution in [0.15, 0.2) is 98.6 Å².